The summed E-state index contributed by atoms with van der Waals surface area (Å²) >= 11 is 18.6. The van der Waals surface area contributed by atoms with Crippen molar-refractivity contribution in [3.8, 4) is 0 Å². The summed E-state index contributed by atoms with van der Waals surface area (Å²) in [6, 6.07) is 20.3. The maximum Gasteiger partial charge on any atom is 0.244 e. The van der Waals surface area contributed by atoms with Crippen LogP contribution >= 0.6 is 34.8 Å². The first-order chi connectivity index (χ1) is 19.0. The highest BCUT2D eigenvalue weighted by atomic mass is 35.5. The monoisotopic (exact) mass is 623 g/mol. The summed E-state index contributed by atoms with van der Waals surface area (Å²) in [6.45, 7) is 1.97. The first-order valence-electron chi connectivity index (χ1n) is 12.8. The molecule has 0 fully saturated rings. The molecular weight excluding hydrogens is 593 g/mol. The molecule has 11 heteroatoms. The van der Waals surface area contributed by atoms with Crippen molar-refractivity contribution in [3.63, 3.8) is 0 Å². The molecule has 2 amide bonds. The van der Waals surface area contributed by atoms with E-state index in [4.69, 9.17) is 34.8 Å². The molecule has 0 saturated heterocycles. The second kappa shape index (κ2) is 14.7. The molecule has 0 radical (unpaired) electrons. The lowest BCUT2D eigenvalue weighted by Crippen LogP contribution is -2.53. The summed E-state index contributed by atoms with van der Waals surface area (Å²) in [5.74, 6) is -0.900. The third-order valence-electron chi connectivity index (χ3n) is 6.23. The quantitative estimate of drug-likeness (QED) is 0.188. The molecule has 0 aliphatic rings. The molecule has 0 aromatic heterocycles. The number of rotatable bonds is 13. The second-order valence-electron chi connectivity index (χ2n) is 9.34. The Hall–Kier alpha value is -2.78. The molecule has 0 spiro atoms. The highest BCUT2D eigenvalue weighted by Crippen LogP contribution is 2.35. The van der Waals surface area contributed by atoms with Crippen molar-refractivity contribution in [1.29, 1.82) is 0 Å². The predicted molar refractivity (Wildman–Crippen MR) is 163 cm³/mol. The number of nitrogens with one attached hydrogen (secondary N) is 1. The van der Waals surface area contributed by atoms with Crippen LogP contribution in [-0.2, 0) is 32.6 Å². The molecular formula is C29H32Cl3N3O4S. The molecule has 214 valence electrons. The zero-order chi connectivity index (χ0) is 29.3. The maximum absolute atomic E-state index is 14.0. The van der Waals surface area contributed by atoms with E-state index >= 15 is 0 Å². The minimum absolute atomic E-state index is 0.0126. The highest BCUT2D eigenvalue weighted by molar-refractivity contribution is 7.92. The Morgan fingerprint density at radius 1 is 0.875 bits per heavy atom. The van der Waals surface area contributed by atoms with Gasteiger partial charge in [0.2, 0.25) is 21.8 Å². The Balaban J connectivity index is 2.05. The SMILES string of the molecule is CCCCNC(=O)[C@@H](Cc1ccccc1)N(Cc1ccccc1)C(=O)CN(c1cc(Cl)c(Cl)cc1Cl)S(C)(=O)=O. The minimum Gasteiger partial charge on any atom is -0.354 e. The molecule has 0 saturated carbocycles. The third kappa shape index (κ3) is 8.86. The zero-order valence-electron chi connectivity index (χ0n) is 22.3. The molecule has 3 aromatic carbocycles. The number of hydrogen-bond donors (Lipinski definition) is 1. The Morgan fingerprint density at radius 2 is 1.45 bits per heavy atom. The molecule has 0 unspecified atom stereocenters. The number of amides is 2. The van der Waals surface area contributed by atoms with Gasteiger partial charge in [-0.2, -0.15) is 0 Å². The van der Waals surface area contributed by atoms with Crippen LogP contribution < -0.4 is 9.62 Å². The van der Waals surface area contributed by atoms with Crippen LogP contribution in [0.1, 0.15) is 30.9 Å². The van der Waals surface area contributed by atoms with Gasteiger partial charge in [-0.15, -0.1) is 0 Å². The number of halogens is 3. The number of anilines is 1. The van der Waals surface area contributed by atoms with Crippen LogP contribution in [0, 0.1) is 0 Å². The zero-order valence-corrected chi connectivity index (χ0v) is 25.4. The first-order valence-corrected chi connectivity index (χ1v) is 15.8. The molecule has 1 atom stereocenters. The van der Waals surface area contributed by atoms with E-state index in [2.05, 4.69) is 5.32 Å². The fourth-order valence-corrected chi connectivity index (χ4v) is 5.68. The van der Waals surface area contributed by atoms with Crippen molar-refractivity contribution in [1.82, 2.24) is 10.2 Å². The lowest BCUT2D eigenvalue weighted by atomic mass is 10.0. The summed E-state index contributed by atoms with van der Waals surface area (Å²) in [5.41, 5.74) is 1.66. The summed E-state index contributed by atoms with van der Waals surface area (Å²) in [7, 11) is -3.99. The number of sulfonamides is 1. The van der Waals surface area contributed by atoms with Crippen molar-refractivity contribution >= 4 is 62.3 Å². The van der Waals surface area contributed by atoms with Gasteiger partial charge in [0, 0.05) is 19.5 Å². The van der Waals surface area contributed by atoms with E-state index in [0.717, 1.165) is 34.5 Å². The smallest absolute Gasteiger partial charge is 0.244 e. The average molecular weight is 625 g/mol. The van der Waals surface area contributed by atoms with Gasteiger partial charge in [-0.05, 0) is 29.7 Å². The van der Waals surface area contributed by atoms with E-state index in [1.807, 2.05) is 67.6 Å². The molecule has 0 heterocycles. The number of unbranched alkanes of at least 4 members (excludes halogenated alkanes) is 1. The molecule has 1 N–H and O–H groups in total. The summed E-state index contributed by atoms with van der Waals surface area (Å²) in [6.07, 6.45) is 2.89. The van der Waals surface area contributed by atoms with Crippen LogP contribution in [0.15, 0.2) is 72.8 Å². The van der Waals surface area contributed by atoms with Crippen LogP contribution in [0.2, 0.25) is 15.1 Å². The van der Waals surface area contributed by atoms with Crippen molar-refractivity contribution in [2.24, 2.45) is 0 Å². The minimum atomic E-state index is -3.99. The average Bonchev–Trinajstić information content (AvgIpc) is 2.92. The molecule has 0 aliphatic carbocycles. The molecule has 40 heavy (non-hydrogen) atoms. The van der Waals surface area contributed by atoms with Gasteiger partial charge >= 0.3 is 0 Å². The summed E-state index contributed by atoms with van der Waals surface area (Å²) in [5, 5.41) is 3.19. The third-order valence-corrected chi connectivity index (χ3v) is 8.39. The van der Waals surface area contributed by atoms with Gasteiger partial charge in [0.05, 0.1) is 27.0 Å². The Kier molecular flexibility index (Phi) is 11.7. The van der Waals surface area contributed by atoms with Crippen molar-refractivity contribution in [2.75, 3.05) is 23.7 Å². The van der Waals surface area contributed by atoms with Crippen LogP contribution in [0.4, 0.5) is 5.69 Å². The number of benzene rings is 3. The highest BCUT2D eigenvalue weighted by Gasteiger charge is 2.33. The van der Waals surface area contributed by atoms with Gasteiger partial charge in [0.1, 0.15) is 12.6 Å². The summed E-state index contributed by atoms with van der Waals surface area (Å²) < 4.78 is 26.7. The van der Waals surface area contributed by atoms with Crippen LogP contribution in [0.25, 0.3) is 0 Å². The predicted octanol–water partition coefficient (Wildman–Crippen LogP) is 5.97. The number of nitrogens with zero attached hydrogens (tertiary/aromatic N) is 2. The van der Waals surface area contributed by atoms with E-state index in [-0.39, 0.29) is 39.6 Å². The Bertz CT molecular complexity index is 1410. The molecule has 0 aliphatic heterocycles. The fraction of sp³-hybridized carbons (Fsp3) is 0.310. The molecule has 7 nitrogen and oxygen atoms in total. The van der Waals surface area contributed by atoms with Gasteiger partial charge in [-0.1, -0.05) is 109 Å². The Morgan fingerprint density at radius 3 is 2.02 bits per heavy atom. The van der Waals surface area contributed by atoms with E-state index < -0.39 is 28.5 Å². The topological polar surface area (TPSA) is 86.8 Å². The Labute approximate surface area is 251 Å². The van der Waals surface area contributed by atoms with Crippen LogP contribution in [0.5, 0.6) is 0 Å². The molecule has 3 aromatic rings. The summed E-state index contributed by atoms with van der Waals surface area (Å²) in [4.78, 5) is 29.0. The lowest BCUT2D eigenvalue weighted by molar-refractivity contribution is -0.140. The standard InChI is InChI=1S/C29H32Cl3N3O4S/c1-3-4-15-33-29(37)27(16-21-11-7-5-8-12-21)34(19-22-13-9-6-10-14-22)28(36)20-35(40(2,38)39)26-18-24(31)23(30)17-25(26)32/h5-14,17-18,27H,3-4,15-16,19-20H2,1-2H3,(H,33,37)/t27-/m1/s1. The van der Waals surface area contributed by atoms with Crippen molar-refractivity contribution in [3.05, 3.63) is 99.0 Å². The van der Waals surface area contributed by atoms with E-state index in [9.17, 15) is 18.0 Å². The first kappa shape index (κ1) is 31.7. The van der Waals surface area contributed by atoms with Crippen LogP contribution in [0.3, 0.4) is 0 Å². The lowest BCUT2D eigenvalue weighted by Gasteiger charge is -2.33. The van der Waals surface area contributed by atoms with Gasteiger partial charge in [-0.3, -0.25) is 13.9 Å². The van der Waals surface area contributed by atoms with Gasteiger partial charge < -0.3 is 10.2 Å². The normalized spacial score (nSPS) is 12.0. The fourth-order valence-electron chi connectivity index (χ4n) is 4.14. The number of carbonyl (C=O) groups excluding carboxylic acids is 2. The number of carbonyl (C=O) groups is 2. The van der Waals surface area contributed by atoms with Gasteiger partial charge in [-0.25, -0.2) is 8.42 Å². The van der Waals surface area contributed by atoms with E-state index in [1.165, 1.54) is 17.0 Å². The molecule has 0 bridgehead atoms. The van der Waals surface area contributed by atoms with Crippen LogP contribution in [-0.4, -0.2) is 50.5 Å². The van der Waals surface area contributed by atoms with Gasteiger partial charge in [0.25, 0.3) is 0 Å². The van der Waals surface area contributed by atoms with Gasteiger partial charge in [0.15, 0.2) is 0 Å². The maximum atomic E-state index is 14.0. The van der Waals surface area contributed by atoms with Crippen molar-refractivity contribution in [2.45, 2.75) is 38.8 Å². The number of hydrogen-bond acceptors (Lipinski definition) is 4. The van der Waals surface area contributed by atoms with Crippen molar-refractivity contribution < 1.29 is 18.0 Å². The second-order valence-corrected chi connectivity index (χ2v) is 12.5. The molecule has 3 rings (SSSR count). The van der Waals surface area contributed by atoms with E-state index in [0.29, 0.717) is 6.54 Å². The van der Waals surface area contributed by atoms with E-state index in [1.54, 1.807) is 0 Å². The largest absolute Gasteiger partial charge is 0.354 e.